The topological polar surface area (TPSA) is 61.4 Å². The molecular weight excluding hydrogens is 298 g/mol. The summed E-state index contributed by atoms with van der Waals surface area (Å²) in [6, 6.07) is 0.118. The smallest absolute Gasteiger partial charge is 0.238 e. The average Bonchev–Trinajstić information content (AvgIpc) is 2.91. The Morgan fingerprint density at radius 1 is 1.32 bits per heavy atom. The highest BCUT2D eigenvalue weighted by molar-refractivity contribution is 8.01. The molecule has 0 aromatic carbocycles. The second kappa shape index (κ2) is 7.21. The molecule has 0 aromatic rings. The summed E-state index contributed by atoms with van der Waals surface area (Å²) in [6.07, 6.45) is 2.79. The van der Waals surface area contributed by atoms with E-state index in [1.807, 2.05) is 37.4 Å². The van der Waals surface area contributed by atoms with Crippen LogP contribution in [0.3, 0.4) is 0 Å². The maximum atomic E-state index is 12.3. The summed E-state index contributed by atoms with van der Waals surface area (Å²) >= 11 is 1.85. The number of rotatable bonds is 4. The minimum absolute atomic E-state index is 0.0226. The van der Waals surface area contributed by atoms with E-state index in [9.17, 15) is 9.59 Å². The van der Waals surface area contributed by atoms with Crippen LogP contribution in [0.1, 0.15) is 47.0 Å². The first-order valence-electron chi connectivity index (χ1n) is 8.37. The van der Waals surface area contributed by atoms with Gasteiger partial charge in [-0.3, -0.25) is 14.9 Å². The van der Waals surface area contributed by atoms with E-state index in [-0.39, 0.29) is 34.7 Å². The summed E-state index contributed by atoms with van der Waals surface area (Å²) < 4.78 is 0. The van der Waals surface area contributed by atoms with Gasteiger partial charge in [-0.15, -0.1) is 11.8 Å². The first-order valence-corrected chi connectivity index (χ1v) is 9.36. The third-order valence-electron chi connectivity index (χ3n) is 4.66. The lowest BCUT2D eigenvalue weighted by atomic mass is 10.0. The van der Waals surface area contributed by atoms with Gasteiger partial charge >= 0.3 is 0 Å². The van der Waals surface area contributed by atoms with Gasteiger partial charge in [-0.05, 0) is 26.2 Å². The van der Waals surface area contributed by atoms with Crippen molar-refractivity contribution in [1.29, 1.82) is 0 Å². The Morgan fingerprint density at radius 2 is 1.95 bits per heavy atom. The van der Waals surface area contributed by atoms with E-state index in [0.29, 0.717) is 0 Å². The van der Waals surface area contributed by atoms with Crippen LogP contribution < -0.4 is 10.6 Å². The zero-order chi connectivity index (χ0) is 16.3. The van der Waals surface area contributed by atoms with Gasteiger partial charge in [0.25, 0.3) is 0 Å². The molecule has 126 valence electrons. The van der Waals surface area contributed by atoms with E-state index >= 15 is 0 Å². The third-order valence-corrected chi connectivity index (χ3v) is 6.24. The van der Waals surface area contributed by atoms with Gasteiger partial charge in [0, 0.05) is 30.8 Å². The highest BCUT2D eigenvalue weighted by Gasteiger charge is 2.44. The fraction of sp³-hybridized carbons (Fsp3) is 0.875. The van der Waals surface area contributed by atoms with Crippen LogP contribution in [-0.2, 0) is 9.59 Å². The summed E-state index contributed by atoms with van der Waals surface area (Å²) in [7, 11) is 0. The predicted octanol–water partition coefficient (Wildman–Crippen LogP) is 1.58. The Kier molecular flexibility index (Phi) is 5.77. The van der Waals surface area contributed by atoms with E-state index in [0.717, 1.165) is 38.1 Å². The molecule has 0 aliphatic carbocycles. The Bertz CT molecular complexity index is 420. The van der Waals surface area contributed by atoms with Crippen molar-refractivity contribution in [2.24, 2.45) is 5.92 Å². The maximum Gasteiger partial charge on any atom is 0.238 e. The third kappa shape index (κ3) is 3.96. The molecule has 2 aliphatic heterocycles. The maximum absolute atomic E-state index is 12.3. The number of nitrogens with one attached hydrogen (secondary N) is 2. The predicted molar refractivity (Wildman–Crippen MR) is 90.7 cm³/mol. The largest absolute Gasteiger partial charge is 0.352 e. The van der Waals surface area contributed by atoms with Crippen LogP contribution in [0.5, 0.6) is 0 Å². The first kappa shape index (κ1) is 17.6. The molecule has 2 N–H and O–H groups in total. The molecule has 2 aliphatic rings. The molecule has 22 heavy (non-hydrogen) atoms. The molecule has 5 nitrogen and oxygen atoms in total. The summed E-state index contributed by atoms with van der Waals surface area (Å²) in [5.74, 6) is 1.23. The molecule has 2 fully saturated rings. The summed E-state index contributed by atoms with van der Waals surface area (Å²) in [5.41, 5.74) is 0. The lowest BCUT2D eigenvalue weighted by molar-refractivity contribution is -0.136. The number of likely N-dealkylation sites (tertiary alicyclic amines) is 1. The molecule has 0 saturated carbocycles. The summed E-state index contributed by atoms with van der Waals surface area (Å²) in [5, 5.41) is 6.59. The monoisotopic (exact) mass is 327 g/mol. The molecule has 0 radical (unpaired) electrons. The summed E-state index contributed by atoms with van der Waals surface area (Å²) in [6.45, 7) is 9.58. The molecule has 2 unspecified atom stereocenters. The molecule has 2 atom stereocenters. The lowest BCUT2D eigenvalue weighted by Crippen LogP contribution is -2.55. The average molecular weight is 327 g/mol. The minimum Gasteiger partial charge on any atom is -0.352 e. The van der Waals surface area contributed by atoms with E-state index in [2.05, 4.69) is 17.6 Å². The van der Waals surface area contributed by atoms with Crippen LogP contribution in [0.25, 0.3) is 0 Å². The van der Waals surface area contributed by atoms with Crippen LogP contribution in [-0.4, -0.2) is 52.5 Å². The van der Waals surface area contributed by atoms with Crippen molar-refractivity contribution in [3.8, 4) is 0 Å². The fourth-order valence-corrected chi connectivity index (χ4v) is 4.39. The van der Waals surface area contributed by atoms with E-state index in [4.69, 9.17) is 0 Å². The highest BCUT2D eigenvalue weighted by Crippen LogP contribution is 2.39. The second-order valence-electron chi connectivity index (χ2n) is 6.80. The van der Waals surface area contributed by atoms with Crippen LogP contribution in [0.15, 0.2) is 0 Å². The van der Waals surface area contributed by atoms with Crippen molar-refractivity contribution in [1.82, 2.24) is 15.5 Å². The Hall–Kier alpha value is -0.750. The van der Waals surface area contributed by atoms with Crippen LogP contribution in [0, 0.1) is 5.92 Å². The van der Waals surface area contributed by atoms with Gasteiger partial charge in [0.05, 0.1) is 10.9 Å². The summed E-state index contributed by atoms with van der Waals surface area (Å²) in [4.78, 5) is 26.3. The van der Waals surface area contributed by atoms with Crippen molar-refractivity contribution in [2.45, 2.75) is 63.9 Å². The van der Waals surface area contributed by atoms with Crippen LogP contribution in [0.2, 0.25) is 0 Å². The fourth-order valence-electron chi connectivity index (χ4n) is 2.97. The van der Waals surface area contributed by atoms with Crippen molar-refractivity contribution < 1.29 is 9.59 Å². The lowest BCUT2D eigenvalue weighted by Gasteiger charge is -2.39. The number of thioether (sulfide) groups is 1. The SMILES string of the molecule is CCC(C)NC(=O)C1CSC2(CCN(C(=O)C(C)C)CC2)N1. The van der Waals surface area contributed by atoms with Crippen molar-refractivity contribution in [2.75, 3.05) is 18.8 Å². The molecule has 2 amide bonds. The van der Waals surface area contributed by atoms with Crippen molar-refractivity contribution in [3.63, 3.8) is 0 Å². The standard InChI is InChI=1S/C16H29N3O2S/c1-5-12(4)17-14(20)13-10-22-16(18-13)6-8-19(9-7-16)15(21)11(2)3/h11-13,18H,5-10H2,1-4H3,(H,17,20). The molecule has 6 heteroatoms. The quantitative estimate of drug-likeness (QED) is 0.823. The first-order chi connectivity index (χ1) is 10.4. The molecular formula is C16H29N3O2S. The van der Waals surface area contributed by atoms with Gasteiger partial charge < -0.3 is 10.2 Å². The van der Waals surface area contributed by atoms with E-state index in [1.54, 1.807) is 0 Å². The Morgan fingerprint density at radius 3 is 2.50 bits per heavy atom. The second-order valence-corrected chi connectivity index (χ2v) is 8.20. The van der Waals surface area contributed by atoms with Gasteiger partial charge in [-0.1, -0.05) is 20.8 Å². The van der Waals surface area contributed by atoms with Gasteiger partial charge in [-0.25, -0.2) is 0 Å². The molecule has 0 aromatic heterocycles. The molecule has 0 bridgehead atoms. The van der Waals surface area contributed by atoms with Gasteiger partial charge in [0.2, 0.25) is 11.8 Å². The number of amides is 2. The number of hydrogen-bond acceptors (Lipinski definition) is 4. The van der Waals surface area contributed by atoms with E-state index in [1.165, 1.54) is 0 Å². The van der Waals surface area contributed by atoms with Crippen molar-refractivity contribution in [3.05, 3.63) is 0 Å². The number of hydrogen-bond donors (Lipinski definition) is 2. The normalized spacial score (nSPS) is 25.5. The Balaban J connectivity index is 1.86. The number of carbonyl (C=O) groups excluding carboxylic acids is 2. The number of carbonyl (C=O) groups is 2. The minimum atomic E-state index is -0.105. The number of nitrogens with zero attached hydrogens (tertiary/aromatic N) is 1. The van der Waals surface area contributed by atoms with Gasteiger partial charge in [-0.2, -0.15) is 0 Å². The highest BCUT2D eigenvalue weighted by atomic mass is 32.2. The number of piperidine rings is 1. The zero-order valence-corrected chi connectivity index (χ0v) is 15.0. The molecule has 2 rings (SSSR count). The van der Waals surface area contributed by atoms with Gasteiger partial charge in [0.15, 0.2) is 0 Å². The Labute approximate surface area is 138 Å². The van der Waals surface area contributed by atoms with Gasteiger partial charge in [0.1, 0.15) is 0 Å². The molecule has 2 heterocycles. The zero-order valence-electron chi connectivity index (χ0n) is 14.1. The molecule has 1 spiro atoms. The van der Waals surface area contributed by atoms with Crippen LogP contribution in [0.4, 0.5) is 0 Å². The molecule has 2 saturated heterocycles. The van der Waals surface area contributed by atoms with Crippen molar-refractivity contribution >= 4 is 23.6 Å². The van der Waals surface area contributed by atoms with Crippen LogP contribution >= 0.6 is 11.8 Å². The van der Waals surface area contributed by atoms with E-state index < -0.39 is 0 Å².